The Morgan fingerprint density at radius 1 is 1.33 bits per heavy atom. The zero-order valence-corrected chi connectivity index (χ0v) is 9.37. The summed E-state index contributed by atoms with van der Waals surface area (Å²) in [6, 6.07) is 7.72. The van der Waals surface area contributed by atoms with Crippen molar-refractivity contribution in [2.75, 3.05) is 0 Å². The Labute approximate surface area is 95.1 Å². The van der Waals surface area contributed by atoms with Crippen LogP contribution in [-0.4, -0.2) is 5.11 Å². The molecule has 15 heavy (non-hydrogen) atoms. The van der Waals surface area contributed by atoms with Crippen molar-refractivity contribution < 1.29 is 5.11 Å². The first-order valence-electron chi connectivity index (χ1n) is 5.67. The molecule has 80 valence electrons. The van der Waals surface area contributed by atoms with Crippen molar-refractivity contribution in [3.8, 4) is 0 Å². The van der Waals surface area contributed by atoms with Gasteiger partial charge >= 0.3 is 0 Å². The highest BCUT2D eigenvalue weighted by molar-refractivity contribution is 6.30. The Bertz CT molecular complexity index is 390. The Hall–Kier alpha value is -0.530. The second-order valence-corrected chi connectivity index (χ2v) is 5.45. The van der Waals surface area contributed by atoms with Crippen LogP contribution in [-0.2, 0) is 5.60 Å². The van der Waals surface area contributed by atoms with E-state index in [1.54, 1.807) is 0 Å². The van der Waals surface area contributed by atoms with Gasteiger partial charge in [0, 0.05) is 5.02 Å². The Kier molecular flexibility index (Phi) is 2.08. The highest BCUT2D eigenvalue weighted by Gasteiger charge is 2.50. The number of hydrogen-bond donors (Lipinski definition) is 1. The maximum atomic E-state index is 10.7. The molecule has 0 spiro atoms. The van der Waals surface area contributed by atoms with E-state index in [0.29, 0.717) is 5.92 Å². The fourth-order valence-corrected chi connectivity index (χ4v) is 3.60. The summed E-state index contributed by atoms with van der Waals surface area (Å²) in [7, 11) is 0. The van der Waals surface area contributed by atoms with Crippen molar-refractivity contribution in [3.05, 3.63) is 34.9 Å². The lowest BCUT2D eigenvalue weighted by Gasteiger charge is -2.33. The van der Waals surface area contributed by atoms with Gasteiger partial charge in [0.1, 0.15) is 0 Å². The van der Waals surface area contributed by atoms with Gasteiger partial charge in [-0.1, -0.05) is 23.7 Å². The standard InChI is InChI=1S/C13H15ClO/c14-12-3-1-2-10(7-12)13(15)8-9-4-5-11(13)6-9/h1-3,7,9,11,15H,4-6,8H2. The highest BCUT2D eigenvalue weighted by Crippen LogP contribution is 2.55. The monoisotopic (exact) mass is 222 g/mol. The Balaban J connectivity index is 2.00. The van der Waals surface area contributed by atoms with Crippen molar-refractivity contribution in [1.82, 2.24) is 0 Å². The molecule has 3 unspecified atom stereocenters. The molecule has 2 aliphatic carbocycles. The zero-order valence-electron chi connectivity index (χ0n) is 8.62. The van der Waals surface area contributed by atoms with Crippen LogP contribution in [0.15, 0.2) is 24.3 Å². The Morgan fingerprint density at radius 3 is 2.80 bits per heavy atom. The summed E-state index contributed by atoms with van der Waals surface area (Å²) in [4.78, 5) is 0. The maximum Gasteiger partial charge on any atom is 0.0927 e. The van der Waals surface area contributed by atoms with E-state index in [-0.39, 0.29) is 0 Å². The SMILES string of the molecule is OC1(c2cccc(Cl)c2)CC2CCC1C2. The summed E-state index contributed by atoms with van der Waals surface area (Å²) in [5.74, 6) is 1.19. The lowest BCUT2D eigenvalue weighted by atomic mass is 9.79. The highest BCUT2D eigenvalue weighted by atomic mass is 35.5. The molecule has 3 rings (SSSR count). The third kappa shape index (κ3) is 1.41. The molecule has 0 heterocycles. The molecule has 2 saturated carbocycles. The third-order valence-corrected chi connectivity index (χ3v) is 4.38. The summed E-state index contributed by atoms with van der Waals surface area (Å²) in [5, 5.41) is 11.4. The van der Waals surface area contributed by atoms with Gasteiger partial charge in [-0.05, 0) is 55.2 Å². The van der Waals surface area contributed by atoms with Gasteiger partial charge < -0.3 is 5.11 Å². The fourth-order valence-electron chi connectivity index (χ4n) is 3.41. The van der Waals surface area contributed by atoms with Gasteiger partial charge in [0.15, 0.2) is 0 Å². The largest absolute Gasteiger partial charge is 0.385 e. The van der Waals surface area contributed by atoms with Crippen molar-refractivity contribution in [2.24, 2.45) is 11.8 Å². The molecule has 0 amide bonds. The van der Waals surface area contributed by atoms with Crippen molar-refractivity contribution >= 4 is 11.6 Å². The first kappa shape index (κ1) is 9.68. The molecule has 3 atom stereocenters. The van der Waals surface area contributed by atoms with E-state index in [1.807, 2.05) is 24.3 Å². The lowest BCUT2D eigenvalue weighted by molar-refractivity contribution is -0.0182. The van der Waals surface area contributed by atoms with Crippen LogP contribution < -0.4 is 0 Å². The number of aliphatic hydroxyl groups is 1. The average molecular weight is 223 g/mol. The van der Waals surface area contributed by atoms with Crippen LogP contribution in [0.2, 0.25) is 5.02 Å². The maximum absolute atomic E-state index is 10.7. The zero-order chi connectivity index (χ0) is 10.5. The van der Waals surface area contributed by atoms with Gasteiger partial charge in [0.05, 0.1) is 5.60 Å². The molecule has 0 aliphatic heterocycles. The smallest absolute Gasteiger partial charge is 0.0927 e. The van der Waals surface area contributed by atoms with Gasteiger partial charge in [0.2, 0.25) is 0 Å². The molecule has 2 bridgehead atoms. The first-order chi connectivity index (χ1) is 7.18. The summed E-state index contributed by atoms with van der Waals surface area (Å²) >= 11 is 5.98. The van der Waals surface area contributed by atoms with Crippen molar-refractivity contribution in [1.29, 1.82) is 0 Å². The average Bonchev–Trinajstić information content (AvgIpc) is 2.78. The second-order valence-electron chi connectivity index (χ2n) is 5.01. The topological polar surface area (TPSA) is 20.2 Å². The summed E-state index contributed by atoms with van der Waals surface area (Å²) < 4.78 is 0. The predicted molar refractivity (Wildman–Crippen MR) is 60.8 cm³/mol. The van der Waals surface area contributed by atoms with Crippen LogP contribution in [0.1, 0.15) is 31.2 Å². The molecule has 1 nitrogen and oxygen atoms in total. The molecule has 1 aromatic rings. The number of benzene rings is 1. The van der Waals surface area contributed by atoms with Crippen LogP contribution in [0, 0.1) is 11.8 Å². The van der Waals surface area contributed by atoms with E-state index in [9.17, 15) is 5.11 Å². The van der Waals surface area contributed by atoms with Crippen LogP contribution in [0.3, 0.4) is 0 Å². The van der Waals surface area contributed by atoms with E-state index in [4.69, 9.17) is 11.6 Å². The minimum Gasteiger partial charge on any atom is -0.385 e. The van der Waals surface area contributed by atoms with Gasteiger partial charge in [0.25, 0.3) is 0 Å². The molecule has 0 aromatic heterocycles. The number of halogens is 1. The van der Waals surface area contributed by atoms with Crippen molar-refractivity contribution in [3.63, 3.8) is 0 Å². The molecule has 2 aliphatic rings. The molecule has 0 radical (unpaired) electrons. The normalized spacial score (nSPS) is 38.5. The molecule has 2 heteroatoms. The van der Waals surface area contributed by atoms with Crippen LogP contribution >= 0.6 is 11.6 Å². The number of hydrogen-bond acceptors (Lipinski definition) is 1. The Morgan fingerprint density at radius 2 is 2.20 bits per heavy atom. The van der Waals surface area contributed by atoms with Crippen LogP contribution in [0.5, 0.6) is 0 Å². The predicted octanol–water partition coefficient (Wildman–Crippen LogP) is 3.35. The first-order valence-corrected chi connectivity index (χ1v) is 6.05. The third-order valence-electron chi connectivity index (χ3n) is 4.14. The fraction of sp³-hybridized carbons (Fsp3) is 0.538. The molecule has 0 saturated heterocycles. The van der Waals surface area contributed by atoms with Crippen LogP contribution in [0.4, 0.5) is 0 Å². The minimum atomic E-state index is -0.589. The van der Waals surface area contributed by atoms with Gasteiger partial charge in [-0.15, -0.1) is 0 Å². The van der Waals surface area contributed by atoms with E-state index < -0.39 is 5.60 Å². The summed E-state index contributed by atoms with van der Waals surface area (Å²) in [6.45, 7) is 0. The van der Waals surface area contributed by atoms with Crippen molar-refractivity contribution in [2.45, 2.75) is 31.3 Å². The van der Waals surface area contributed by atoms with Crippen LogP contribution in [0.25, 0.3) is 0 Å². The molecule has 2 fully saturated rings. The number of rotatable bonds is 1. The summed E-state index contributed by atoms with van der Waals surface area (Å²) in [5.41, 5.74) is 0.426. The van der Waals surface area contributed by atoms with E-state index >= 15 is 0 Å². The molecule has 1 N–H and O–H groups in total. The second kappa shape index (κ2) is 3.23. The van der Waals surface area contributed by atoms with E-state index in [2.05, 4.69) is 0 Å². The molecular weight excluding hydrogens is 208 g/mol. The minimum absolute atomic E-state index is 0.459. The summed E-state index contributed by atoms with van der Waals surface area (Å²) in [6.07, 6.45) is 4.60. The lowest BCUT2D eigenvalue weighted by Crippen LogP contribution is -2.32. The van der Waals surface area contributed by atoms with Gasteiger partial charge in [-0.25, -0.2) is 0 Å². The van der Waals surface area contributed by atoms with Gasteiger partial charge in [-0.3, -0.25) is 0 Å². The molecule has 1 aromatic carbocycles. The van der Waals surface area contributed by atoms with E-state index in [1.165, 1.54) is 19.3 Å². The quantitative estimate of drug-likeness (QED) is 0.773. The van der Waals surface area contributed by atoms with Gasteiger partial charge in [-0.2, -0.15) is 0 Å². The molecular formula is C13H15ClO. The van der Waals surface area contributed by atoms with E-state index in [0.717, 1.165) is 22.9 Å². The number of fused-ring (bicyclic) bond motifs is 2.